The van der Waals surface area contributed by atoms with E-state index < -0.39 is 17.9 Å². The molecule has 3 aromatic carbocycles. The van der Waals surface area contributed by atoms with Crippen LogP contribution in [0.5, 0.6) is 0 Å². The number of benzene rings is 3. The number of para-hydroxylation sites is 2. The van der Waals surface area contributed by atoms with E-state index in [-0.39, 0.29) is 17.8 Å². The van der Waals surface area contributed by atoms with Crippen molar-refractivity contribution >= 4 is 33.8 Å². The van der Waals surface area contributed by atoms with Crippen molar-refractivity contribution in [2.75, 3.05) is 28.3 Å². The highest BCUT2D eigenvalue weighted by Gasteiger charge is 2.21. The number of carboxylic acids is 1. The summed E-state index contributed by atoms with van der Waals surface area (Å²) < 4.78 is 13.0. The fourth-order valence-corrected chi connectivity index (χ4v) is 6.64. The van der Waals surface area contributed by atoms with E-state index in [1.54, 1.807) is 35.3 Å². The summed E-state index contributed by atoms with van der Waals surface area (Å²) in [6, 6.07) is 34.7. The number of aromatic carboxylic acids is 1. The predicted molar refractivity (Wildman–Crippen MR) is 242 cm³/mol. The van der Waals surface area contributed by atoms with Crippen LogP contribution in [0.1, 0.15) is 73.8 Å². The van der Waals surface area contributed by atoms with Crippen molar-refractivity contribution in [1.29, 1.82) is 15.8 Å². The van der Waals surface area contributed by atoms with Crippen LogP contribution in [0, 0.1) is 34.0 Å². The van der Waals surface area contributed by atoms with Gasteiger partial charge in [-0.3, -0.25) is 5.10 Å². The van der Waals surface area contributed by atoms with Gasteiger partial charge in [-0.05, 0) is 80.0 Å². The van der Waals surface area contributed by atoms with Gasteiger partial charge in [-0.15, -0.1) is 0 Å². The van der Waals surface area contributed by atoms with Gasteiger partial charge in [0.25, 0.3) is 0 Å². The molecule has 0 bridgehead atoms. The molecule has 3 aromatic heterocycles. The van der Waals surface area contributed by atoms with Crippen molar-refractivity contribution in [2.45, 2.75) is 57.0 Å². The van der Waals surface area contributed by atoms with Crippen molar-refractivity contribution in [1.82, 2.24) is 40.4 Å². The lowest BCUT2D eigenvalue weighted by atomic mass is 9.91. The minimum Gasteiger partial charge on any atom is -0.476 e. The number of nitrogens with zero attached hydrogens (tertiary/aromatic N) is 8. The molecule has 0 amide bonds. The summed E-state index contributed by atoms with van der Waals surface area (Å²) in [5.41, 5.74) is 4.83. The van der Waals surface area contributed by atoms with Crippen LogP contribution >= 0.6 is 15.9 Å². The summed E-state index contributed by atoms with van der Waals surface area (Å²) in [5.74, 6) is -1.94. The van der Waals surface area contributed by atoms with E-state index in [2.05, 4.69) is 88.7 Å². The maximum atomic E-state index is 11.3. The van der Waals surface area contributed by atoms with Gasteiger partial charge >= 0.3 is 17.9 Å². The Morgan fingerprint density at radius 2 is 1.16 bits per heavy atom. The van der Waals surface area contributed by atoms with Gasteiger partial charge in [0.1, 0.15) is 5.69 Å². The summed E-state index contributed by atoms with van der Waals surface area (Å²) in [7, 11) is 6.74. The zero-order chi connectivity index (χ0) is 46.7. The molecule has 0 spiro atoms. The molecule has 18 heteroatoms. The van der Waals surface area contributed by atoms with E-state index in [0.29, 0.717) is 30.6 Å². The number of carbonyl (C=O) groups is 3. The maximum absolute atomic E-state index is 11.3. The minimum absolute atomic E-state index is 0.0169. The molecule has 1 aliphatic rings. The van der Waals surface area contributed by atoms with Gasteiger partial charge in [-0.1, -0.05) is 83.4 Å². The number of carboxylic acid groups (broad SMARTS) is 1. The van der Waals surface area contributed by atoms with Gasteiger partial charge < -0.3 is 25.2 Å². The first-order chi connectivity index (χ1) is 31.0. The monoisotopic (exact) mass is 931 g/mol. The molecule has 17 nitrogen and oxygen atoms in total. The van der Waals surface area contributed by atoms with E-state index in [1.807, 2.05) is 66.7 Å². The number of nitriles is 3. The minimum atomic E-state index is -1.07. The standard InChI is InChI=1S/C13H11N3O2.C12H9N3O2.C8H6BrN.C8H18N2.C5H6N2O2/c1-18-13(17)11-7-9-16(15-11)12-5-3-2-4-10(12)6-8-14;13-7-5-9-3-1-2-4-11(9)15-8-6-10(14-15)12(16)17;9-8-4-2-1-3-7(8)5-6-10;1-9-7-5-3-4-6-8(7)10-2;1-9-5(8)4-2-3-6-7-4/h2-5,7,9H,6H2,1H3;1-4,6,8H,5H2,(H,16,17);1-4H,5H2;7-10H,3-6H2,1-2H3;2-3H,1H3,(H,6,7)/t;;;7-,8-;/m...1./s1. The summed E-state index contributed by atoms with van der Waals surface area (Å²) in [4.78, 5) is 32.6. The van der Waals surface area contributed by atoms with E-state index >= 15 is 0 Å². The van der Waals surface area contributed by atoms with Crippen LogP contribution in [0.4, 0.5) is 0 Å². The van der Waals surface area contributed by atoms with Gasteiger partial charge in [0.2, 0.25) is 0 Å². The first-order valence-electron chi connectivity index (χ1n) is 19.9. The molecule has 0 aliphatic heterocycles. The second kappa shape index (κ2) is 28.2. The van der Waals surface area contributed by atoms with E-state index in [4.69, 9.17) is 20.9 Å². The van der Waals surface area contributed by atoms with Crippen molar-refractivity contribution < 1.29 is 29.0 Å². The Morgan fingerprint density at radius 3 is 1.58 bits per heavy atom. The second-order valence-corrected chi connectivity index (χ2v) is 14.3. The molecule has 2 atom stereocenters. The average molecular weight is 933 g/mol. The molecular formula is C46H50BrN11O6. The molecule has 4 N–H and O–H groups in total. The fraction of sp³-hybridized carbons (Fsp3) is 0.283. The summed E-state index contributed by atoms with van der Waals surface area (Å²) in [5, 5.41) is 55.4. The van der Waals surface area contributed by atoms with Crippen molar-refractivity contribution in [3.05, 3.63) is 148 Å². The Kier molecular flexibility index (Phi) is 22.5. The topological polar surface area (TPSA) is 250 Å². The molecule has 0 saturated heterocycles. The Balaban J connectivity index is 0.000000219. The Labute approximate surface area is 380 Å². The molecule has 1 saturated carbocycles. The number of methoxy groups -OCH3 is 2. The van der Waals surface area contributed by atoms with Crippen LogP contribution in [-0.2, 0) is 28.7 Å². The number of likely N-dealkylation sites (N-methyl/N-ethyl adjacent to an activating group) is 2. The molecular weight excluding hydrogens is 882 g/mol. The molecule has 332 valence electrons. The second-order valence-electron chi connectivity index (χ2n) is 13.5. The zero-order valence-electron chi connectivity index (χ0n) is 35.9. The number of H-pyrrole nitrogens is 1. The summed E-state index contributed by atoms with van der Waals surface area (Å²) in [6.07, 6.45) is 11.2. The van der Waals surface area contributed by atoms with Gasteiger partial charge in [0.05, 0.1) is 63.1 Å². The number of aromatic amines is 1. The van der Waals surface area contributed by atoms with Crippen LogP contribution in [-0.4, -0.2) is 93.2 Å². The molecule has 1 fully saturated rings. The number of hydrogen-bond acceptors (Lipinski definition) is 13. The number of carbonyl (C=O) groups excluding carboxylic acids is 2. The Hall–Kier alpha value is -7.43. The lowest BCUT2D eigenvalue weighted by Crippen LogP contribution is -2.47. The lowest BCUT2D eigenvalue weighted by molar-refractivity contribution is 0.0585. The SMILES string of the molecule is CN[C@@H]1CCCC[C@H]1NC.COC(=O)c1ccn(-c2ccccc2CC#N)n1.COC(=O)c1ccn[nH]1.N#CCc1ccccc1-n1ccc(C(=O)O)n1.N#CCc1ccccc1Br. The van der Waals surface area contributed by atoms with E-state index in [9.17, 15) is 14.4 Å². The molecule has 1 aliphatic carbocycles. The third kappa shape index (κ3) is 16.1. The van der Waals surface area contributed by atoms with Crippen LogP contribution in [0.25, 0.3) is 11.4 Å². The number of ether oxygens (including phenoxy) is 2. The normalized spacial score (nSPS) is 13.3. The van der Waals surface area contributed by atoms with Gasteiger partial charge in [0.15, 0.2) is 11.4 Å². The number of aromatic nitrogens is 6. The highest BCUT2D eigenvalue weighted by molar-refractivity contribution is 9.10. The maximum Gasteiger partial charge on any atom is 0.358 e. The molecule has 0 unspecified atom stereocenters. The molecule has 7 rings (SSSR count). The third-order valence-corrected chi connectivity index (χ3v) is 10.2. The van der Waals surface area contributed by atoms with Crippen molar-refractivity contribution in [3.8, 4) is 29.6 Å². The highest BCUT2D eigenvalue weighted by Crippen LogP contribution is 2.19. The molecule has 3 heterocycles. The van der Waals surface area contributed by atoms with Crippen LogP contribution in [0.2, 0.25) is 0 Å². The summed E-state index contributed by atoms with van der Waals surface area (Å²) >= 11 is 3.35. The van der Waals surface area contributed by atoms with Crippen molar-refractivity contribution in [2.24, 2.45) is 0 Å². The van der Waals surface area contributed by atoms with Crippen molar-refractivity contribution in [3.63, 3.8) is 0 Å². The van der Waals surface area contributed by atoms with Gasteiger partial charge in [0, 0.05) is 35.1 Å². The van der Waals surface area contributed by atoms with Gasteiger partial charge in [-0.25, -0.2) is 23.7 Å². The predicted octanol–water partition coefficient (Wildman–Crippen LogP) is 6.81. The van der Waals surface area contributed by atoms with Crippen LogP contribution in [0.15, 0.2) is 114 Å². The Bertz CT molecular complexity index is 2490. The first kappa shape index (κ1) is 50.9. The number of hydrogen-bond donors (Lipinski definition) is 4. The quantitative estimate of drug-likeness (QED) is 0.103. The molecule has 0 radical (unpaired) electrons. The number of rotatable bonds is 10. The Morgan fingerprint density at radius 1 is 0.703 bits per heavy atom. The zero-order valence-corrected chi connectivity index (χ0v) is 37.5. The van der Waals surface area contributed by atoms with E-state index in [1.165, 1.54) is 56.8 Å². The molecule has 64 heavy (non-hydrogen) atoms. The van der Waals surface area contributed by atoms with Crippen LogP contribution in [0.3, 0.4) is 0 Å². The first-order valence-corrected chi connectivity index (χ1v) is 20.7. The van der Waals surface area contributed by atoms with E-state index in [0.717, 1.165) is 32.5 Å². The van der Waals surface area contributed by atoms with Crippen LogP contribution < -0.4 is 10.6 Å². The average Bonchev–Trinajstić information content (AvgIpc) is 4.15. The third-order valence-electron chi connectivity index (χ3n) is 9.45. The fourth-order valence-electron chi connectivity index (χ4n) is 6.21. The molecule has 6 aromatic rings. The lowest BCUT2D eigenvalue weighted by Gasteiger charge is -2.30. The van der Waals surface area contributed by atoms with Gasteiger partial charge in [-0.2, -0.15) is 31.1 Å². The summed E-state index contributed by atoms with van der Waals surface area (Å²) in [6.45, 7) is 0. The highest BCUT2D eigenvalue weighted by atomic mass is 79.9. The smallest absolute Gasteiger partial charge is 0.358 e. The number of esters is 2. The number of nitrogens with one attached hydrogen (secondary N) is 3. The number of halogens is 1. The largest absolute Gasteiger partial charge is 0.476 e.